The van der Waals surface area contributed by atoms with Gasteiger partial charge in [-0.1, -0.05) is 41.4 Å². The van der Waals surface area contributed by atoms with Crippen molar-refractivity contribution in [3.63, 3.8) is 0 Å². The summed E-state index contributed by atoms with van der Waals surface area (Å²) < 4.78 is 0. The molecule has 0 saturated carbocycles. The van der Waals surface area contributed by atoms with Crippen LogP contribution in [0, 0.1) is 6.92 Å². The third-order valence-electron chi connectivity index (χ3n) is 3.47. The quantitative estimate of drug-likeness (QED) is 0.891. The molecule has 106 valence electrons. The maximum absolute atomic E-state index is 10.2. The van der Waals surface area contributed by atoms with E-state index in [1.807, 2.05) is 31.3 Å². The molecule has 2 aromatic rings. The molecular formula is C17H20ClNO. The molecule has 1 N–H and O–H groups in total. The number of nitrogens with zero attached hydrogens (tertiary/aromatic N) is 1. The third kappa shape index (κ3) is 3.99. The van der Waals surface area contributed by atoms with Gasteiger partial charge in [0, 0.05) is 24.3 Å². The van der Waals surface area contributed by atoms with Crippen molar-refractivity contribution in [1.29, 1.82) is 0 Å². The van der Waals surface area contributed by atoms with Crippen LogP contribution in [0.1, 0.15) is 23.7 Å². The highest BCUT2D eigenvalue weighted by Gasteiger charge is 2.09. The molecule has 0 aliphatic carbocycles. The van der Waals surface area contributed by atoms with Gasteiger partial charge in [0.15, 0.2) is 0 Å². The van der Waals surface area contributed by atoms with Gasteiger partial charge < -0.3 is 10.0 Å². The Hall–Kier alpha value is -1.51. The molecule has 0 fully saturated rings. The van der Waals surface area contributed by atoms with Gasteiger partial charge in [0.1, 0.15) is 0 Å². The van der Waals surface area contributed by atoms with Crippen LogP contribution in [0.3, 0.4) is 0 Å². The fraction of sp³-hybridized carbons (Fsp3) is 0.294. The highest BCUT2D eigenvalue weighted by atomic mass is 35.5. The van der Waals surface area contributed by atoms with E-state index in [0.717, 1.165) is 12.1 Å². The predicted octanol–water partition coefficient (Wildman–Crippen LogP) is 4.21. The van der Waals surface area contributed by atoms with Gasteiger partial charge in [0.25, 0.3) is 0 Å². The highest BCUT2D eigenvalue weighted by Crippen LogP contribution is 2.21. The first-order chi connectivity index (χ1) is 9.56. The van der Waals surface area contributed by atoms with Crippen LogP contribution in [0.25, 0.3) is 0 Å². The number of benzene rings is 2. The molecule has 0 heterocycles. The van der Waals surface area contributed by atoms with Crippen molar-refractivity contribution < 1.29 is 5.11 Å². The lowest BCUT2D eigenvalue weighted by molar-refractivity contribution is 0.170. The van der Waals surface area contributed by atoms with Gasteiger partial charge in [0.2, 0.25) is 0 Å². The summed E-state index contributed by atoms with van der Waals surface area (Å²) in [4.78, 5) is 2.15. The van der Waals surface area contributed by atoms with Crippen molar-refractivity contribution in [2.75, 3.05) is 18.5 Å². The number of hydrogen-bond acceptors (Lipinski definition) is 2. The molecule has 0 aromatic heterocycles. The Bertz CT molecular complexity index is 484. The van der Waals surface area contributed by atoms with Crippen LogP contribution in [0.15, 0.2) is 48.5 Å². The number of hydrogen-bond donors (Lipinski definition) is 1. The molecule has 2 nitrogen and oxygen atoms in total. The molecule has 1 unspecified atom stereocenters. The van der Waals surface area contributed by atoms with Crippen LogP contribution in [0.5, 0.6) is 0 Å². The lowest BCUT2D eigenvalue weighted by Gasteiger charge is -2.21. The minimum Gasteiger partial charge on any atom is -0.388 e. The van der Waals surface area contributed by atoms with Gasteiger partial charge in [-0.25, -0.2) is 0 Å². The van der Waals surface area contributed by atoms with Crippen LogP contribution < -0.4 is 4.90 Å². The summed E-state index contributed by atoms with van der Waals surface area (Å²) in [5.41, 5.74) is 3.33. The minimum atomic E-state index is -0.458. The van der Waals surface area contributed by atoms with E-state index in [9.17, 15) is 5.11 Å². The van der Waals surface area contributed by atoms with Crippen LogP contribution in [0.4, 0.5) is 5.69 Å². The molecule has 0 saturated heterocycles. The zero-order valence-electron chi connectivity index (χ0n) is 11.9. The Morgan fingerprint density at radius 2 is 1.65 bits per heavy atom. The maximum Gasteiger partial charge on any atom is 0.0806 e. The first kappa shape index (κ1) is 14.9. The zero-order chi connectivity index (χ0) is 14.5. The van der Waals surface area contributed by atoms with E-state index in [0.29, 0.717) is 11.4 Å². The van der Waals surface area contributed by atoms with Crippen molar-refractivity contribution in [3.8, 4) is 0 Å². The maximum atomic E-state index is 10.2. The van der Waals surface area contributed by atoms with Gasteiger partial charge >= 0.3 is 0 Å². The molecular weight excluding hydrogens is 270 g/mol. The Balaban J connectivity index is 1.91. The van der Waals surface area contributed by atoms with Gasteiger partial charge in [0.05, 0.1) is 6.10 Å². The Morgan fingerprint density at radius 3 is 2.25 bits per heavy atom. The topological polar surface area (TPSA) is 23.5 Å². The number of aryl methyl sites for hydroxylation is 1. The van der Waals surface area contributed by atoms with E-state index in [4.69, 9.17) is 11.6 Å². The highest BCUT2D eigenvalue weighted by molar-refractivity contribution is 6.30. The first-order valence-electron chi connectivity index (χ1n) is 6.77. The lowest BCUT2D eigenvalue weighted by atomic mass is 10.1. The van der Waals surface area contributed by atoms with Gasteiger partial charge in [-0.2, -0.15) is 0 Å². The van der Waals surface area contributed by atoms with Crippen molar-refractivity contribution in [1.82, 2.24) is 0 Å². The van der Waals surface area contributed by atoms with Gasteiger partial charge in [-0.05, 0) is 43.2 Å². The van der Waals surface area contributed by atoms with E-state index < -0.39 is 6.10 Å². The van der Waals surface area contributed by atoms with Crippen LogP contribution in [-0.4, -0.2) is 18.7 Å². The molecule has 1 atom stereocenters. The number of aliphatic hydroxyl groups excluding tert-OH is 1. The fourth-order valence-corrected chi connectivity index (χ4v) is 2.22. The molecule has 2 aromatic carbocycles. The standard InChI is InChI=1S/C17H20ClNO/c1-13-3-9-16(10-4-13)19(2)12-11-17(20)14-5-7-15(18)8-6-14/h3-10,17,20H,11-12H2,1-2H3. The lowest BCUT2D eigenvalue weighted by Crippen LogP contribution is -2.20. The monoisotopic (exact) mass is 289 g/mol. The Labute approximate surface area is 125 Å². The Morgan fingerprint density at radius 1 is 1.05 bits per heavy atom. The zero-order valence-corrected chi connectivity index (χ0v) is 12.6. The molecule has 0 aliphatic rings. The molecule has 20 heavy (non-hydrogen) atoms. The average Bonchev–Trinajstić information content (AvgIpc) is 2.46. The van der Waals surface area contributed by atoms with E-state index in [-0.39, 0.29) is 0 Å². The summed E-state index contributed by atoms with van der Waals surface area (Å²) in [5, 5.41) is 10.9. The number of aliphatic hydroxyl groups is 1. The third-order valence-corrected chi connectivity index (χ3v) is 3.72. The molecule has 0 spiro atoms. The number of halogens is 1. The van der Waals surface area contributed by atoms with Crippen LogP contribution in [0.2, 0.25) is 5.02 Å². The van der Waals surface area contributed by atoms with E-state index in [2.05, 4.69) is 36.1 Å². The average molecular weight is 290 g/mol. The van der Waals surface area contributed by atoms with E-state index in [1.54, 1.807) is 0 Å². The summed E-state index contributed by atoms with van der Waals surface area (Å²) >= 11 is 5.85. The second-order valence-electron chi connectivity index (χ2n) is 5.11. The summed E-state index contributed by atoms with van der Waals surface area (Å²) in [6, 6.07) is 15.8. The fourth-order valence-electron chi connectivity index (χ4n) is 2.10. The largest absolute Gasteiger partial charge is 0.388 e. The van der Waals surface area contributed by atoms with Gasteiger partial charge in [-0.3, -0.25) is 0 Å². The first-order valence-corrected chi connectivity index (χ1v) is 7.15. The van der Waals surface area contributed by atoms with Crippen molar-refractivity contribution >= 4 is 17.3 Å². The van der Waals surface area contributed by atoms with Gasteiger partial charge in [-0.15, -0.1) is 0 Å². The SMILES string of the molecule is Cc1ccc(N(C)CCC(O)c2ccc(Cl)cc2)cc1. The number of anilines is 1. The second-order valence-corrected chi connectivity index (χ2v) is 5.55. The summed E-state index contributed by atoms with van der Waals surface area (Å²) in [6.07, 6.45) is 0.228. The second kappa shape index (κ2) is 6.78. The molecule has 0 aliphatic heterocycles. The normalized spacial score (nSPS) is 12.2. The van der Waals surface area contributed by atoms with Crippen molar-refractivity contribution in [2.45, 2.75) is 19.4 Å². The summed E-state index contributed by atoms with van der Waals surface area (Å²) in [7, 11) is 2.04. The molecule has 0 radical (unpaired) electrons. The van der Waals surface area contributed by atoms with E-state index in [1.165, 1.54) is 11.3 Å². The smallest absolute Gasteiger partial charge is 0.0806 e. The van der Waals surface area contributed by atoms with Crippen LogP contribution >= 0.6 is 11.6 Å². The molecule has 0 amide bonds. The van der Waals surface area contributed by atoms with Crippen molar-refractivity contribution in [2.24, 2.45) is 0 Å². The van der Waals surface area contributed by atoms with Crippen LogP contribution in [-0.2, 0) is 0 Å². The Kier molecular flexibility index (Phi) is 5.05. The molecule has 2 rings (SSSR count). The molecule has 0 bridgehead atoms. The minimum absolute atomic E-state index is 0.458. The van der Waals surface area contributed by atoms with Crippen molar-refractivity contribution in [3.05, 3.63) is 64.7 Å². The number of rotatable bonds is 5. The summed E-state index contributed by atoms with van der Waals surface area (Å²) in [5.74, 6) is 0. The molecule has 3 heteroatoms. The van der Waals surface area contributed by atoms with E-state index >= 15 is 0 Å². The summed E-state index contributed by atoms with van der Waals surface area (Å²) in [6.45, 7) is 2.88. The predicted molar refractivity (Wildman–Crippen MR) is 85.5 cm³/mol.